The number of nitrogens with one attached hydrogen (secondary N) is 1. The molecule has 0 bridgehead atoms. The minimum atomic E-state index is -0.235. The average Bonchev–Trinajstić information content (AvgIpc) is 3.57. The molecule has 1 aliphatic rings. The fraction of sp³-hybridized carbons (Fsp3) is 0.375. The molecule has 2 aromatic carbocycles. The van der Waals surface area contributed by atoms with E-state index in [4.69, 9.17) is 9.47 Å². The number of rotatable bonds is 7. The number of nitrogens with zero attached hydrogens (tertiary/aromatic N) is 4. The molecule has 218 valence electrons. The molecule has 0 amide bonds. The van der Waals surface area contributed by atoms with E-state index in [-0.39, 0.29) is 36.0 Å². The van der Waals surface area contributed by atoms with Gasteiger partial charge in [-0.2, -0.15) is 0 Å². The maximum Gasteiger partial charge on any atom is 0.306 e. The molecular formula is C32H35N5O4S. The zero-order chi connectivity index (χ0) is 29.5. The van der Waals surface area contributed by atoms with Crippen LogP contribution < -0.4 is 10.3 Å². The fourth-order valence-corrected chi connectivity index (χ4v) is 7.04. The Labute approximate surface area is 248 Å². The predicted octanol–water partition coefficient (Wildman–Crippen LogP) is 5.61. The van der Waals surface area contributed by atoms with Crippen molar-refractivity contribution in [3.8, 4) is 5.75 Å². The first-order valence-corrected chi connectivity index (χ1v) is 15.2. The highest BCUT2D eigenvalue weighted by Gasteiger charge is 2.29. The maximum atomic E-state index is 13.0. The van der Waals surface area contributed by atoms with Crippen LogP contribution in [-0.4, -0.2) is 50.1 Å². The second-order valence-electron chi connectivity index (χ2n) is 11.1. The molecule has 0 saturated carbocycles. The van der Waals surface area contributed by atoms with Crippen molar-refractivity contribution in [3.63, 3.8) is 0 Å². The molecule has 3 atom stereocenters. The van der Waals surface area contributed by atoms with Crippen molar-refractivity contribution in [2.45, 2.75) is 58.7 Å². The van der Waals surface area contributed by atoms with Crippen LogP contribution >= 0.6 is 11.3 Å². The van der Waals surface area contributed by atoms with Gasteiger partial charge in [0.2, 0.25) is 5.56 Å². The topological polar surface area (TPSA) is 102 Å². The predicted molar refractivity (Wildman–Crippen MR) is 164 cm³/mol. The standard InChI is InChI=1S/C32H35N5O4S/c1-6-40-29(39)15-25(24-7-8-26-30(19(24)3)34-35-36(26)5)22-13-21-11-12-42-32(21)23(14-22)17-37-16-18(2)41-27-9-10-28(38)33-31(27)20(37)4/h7-14,18,20,25H,6,15-17H2,1-5H3,(H,33,38)/t18-,20+,25-/m1/s1. The van der Waals surface area contributed by atoms with Gasteiger partial charge in [-0.15, -0.1) is 16.4 Å². The van der Waals surface area contributed by atoms with Gasteiger partial charge in [-0.1, -0.05) is 17.3 Å². The van der Waals surface area contributed by atoms with E-state index in [1.165, 1.54) is 16.3 Å². The van der Waals surface area contributed by atoms with Gasteiger partial charge in [-0.25, -0.2) is 4.68 Å². The molecule has 42 heavy (non-hydrogen) atoms. The van der Waals surface area contributed by atoms with Gasteiger partial charge >= 0.3 is 5.97 Å². The van der Waals surface area contributed by atoms with Crippen LogP contribution in [-0.2, 0) is 23.1 Å². The number of aromatic nitrogens is 4. The third-order valence-electron chi connectivity index (χ3n) is 8.25. The summed E-state index contributed by atoms with van der Waals surface area (Å²) in [4.78, 5) is 30.5. The van der Waals surface area contributed by atoms with Gasteiger partial charge < -0.3 is 14.5 Å². The van der Waals surface area contributed by atoms with Crippen LogP contribution in [0.4, 0.5) is 0 Å². The molecular weight excluding hydrogens is 550 g/mol. The number of hydrogen-bond acceptors (Lipinski definition) is 8. The molecule has 0 radical (unpaired) electrons. The van der Waals surface area contributed by atoms with Gasteiger partial charge in [0.05, 0.1) is 30.3 Å². The summed E-state index contributed by atoms with van der Waals surface area (Å²) < 4.78 is 14.6. The van der Waals surface area contributed by atoms with Gasteiger partial charge in [-0.3, -0.25) is 14.5 Å². The Morgan fingerprint density at radius 2 is 2.05 bits per heavy atom. The zero-order valence-electron chi connectivity index (χ0n) is 24.5. The minimum Gasteiger partial charge on any atom is -0.487 e. The molecule has 1 N–H and O–H groups in total. The normalized spacial score (nSPS) is 18.0. The smallest absolute Gasteiger partial charge is 0.306 e. The molecule has 0 saturated heterocycles. The van der Waals surface area contributed by atoms with Crippen LogP contribution in [0.1, 0.15) is 67.1 Å². The highest BCUT2D eigenvalue weighted by molar-refractivity contribution is 7.17. The van der Waals surface area contributed by atoms with E-state index < -0.39 is 0 Å². The molecule has 9 nitrogen and oxygen atoms in total. The molecule has 6 rings (SSSR count). The summed E-state index contributed by atoms with van der Waals surface area (Å²) in [5, 5.41) is 11.9. The SMILES string of the molecule is CCOC(=O)C[C@H](c1cc(CN2C[C@@H](C)Oc3ccc(=O)[nH]c3[C@@H]2C)c2sccc2c1)c1ccc2c(nnn2C)c1C. The van der Waals surface area contributed by atoms with Crippen LogP contribution in [0.2, 0.25) is 0 Å². The Morgan fingerprint density at radius 1 is 1.21 bits per heavy atom. The number of fused-ring (bicyclic) bond motifs is 3. The van der Waals surface area contributed by atoms with Gasteiger partial charge in [0, 0.05) is 36.8 Å². The minimum absolute atomic E-state index is 0.0560. The average molecular weight is 586 g/mol. The summed E-state index contributed by atoms with van der Waals surface area (Å²) in [6.07, 6.45) is 0.161. The van der Waals surface area contributed by atoms with Crippen LogP contribution in [0, 0.1) is 6.92 Å². The highest BCUT2D eigenvalue weighted by atomic mass is 32.1. The maximum absolute atomic E-state index is 13.0. The van der Waals surface area contributed by atoms with Crippen LogP contribution in [0.25, 0.3) is 21.1 Å². The Balaban J connectivity index is 1.44. The van der Waals surface area contributed by atoms with E-state index in [9.17, 15) is 9.59 Å². The molecule has 10 heteroatoms. The molecule has 5 aromatic rings. The van der Waals surface area contributed by atoms with Crippen LogP contribution in [0.15, 0.2) is 52.6 Å². The van der Waals surface area contributed by atoms with Gasteiger partial charge in [0.25, 0.3) is 0 Å². The van der Waals surface area contributed by atoms with Crippen molar-refractivity contribution in [2.24, 2.45) is 7.05 Å². The second-order valence-corrected chi connectivity index (χ2v) is 12.0. The number of ether oxygens (including phenoxy) is 2. The van der Waals surface area contributed by atoms with E-state index in [0.717, 1.165) is 44.6 Å². The number of benzene rings is 2. The summed E-state index contributed by atoms with van der Waals surface area (Å²) in [6, 6.07) is 13.9. The van der Waals surface area contributed by atoms with Crippen molar-refractivity contribution in [1.82, 2.24) is 24.9 Å². The van der Waals surface area contributed by atoms with Gasteiger partial charge in [0.1, 0.15) is 17.4 Å². The fourth-order valence-electron chi connectivity index (χ4n) is 6.16. The van der Waals surface area contributed by atoms with Crippen molar-refractivity contribution >= 4 is 38.4 Å². The lowest BCUT2D eigenvalue weighted by Crippen LogP contribution is -2.33. The first-order valence-electron chi connectivity index (χ1n) is 14.3. The summed E-state index contributed by atoms with van der Waals surface area (Å²) in [5.74, 6) is 0.261. The third kappa shape index (κ3) is 5.20. The van der Waals surface area contributed by atoms with Crippen molar-refractivity contribution in [1.29, 1.82) is 0 Å². The zero-order valence-corrected chi connectivity index (χ0v) is 25.3. The lowest BCUT2D eigenvalue weighted by molar-refractivity contribution is -0.143. The Hall–Kier alpha value is -4.02. The third-order valence-corrected chi connectivity index (χ3v) is 9.26. The number of H-pyrrole nitrogens is 1. The number of carbonyl (C=O) groups excluding carboxylic acids is 1. The quantitative estimate of drug-likeness (QED) is 0.248. The lowest BCUT2D eigenvalue weighted by atomic mass is 9.84. The highest BCUT2D eigenvalue weighted by Crippen LogP contribution is 2.39. The molecule has 0 spiro atoms. The van der Waals surface area contributed by atoms with Gasteiger partial charge in [-0.05, 0) is 85.0 Å². The molecule has 1 aliphatic heterocycles. The summed E-state index contributed by atoms with van der Waals surface area (Å²) in [7, 11) is 1.88. The monoisotopic (exact) mass is 585 g/mol. The lowest BCUT2D eigenvalue weighted by Gasteiger charge is -2.28. The summed E-state index contributed by atoms with van der Waals surface area (Å²) in [6.45, 7) is 9.73. The van der Waals surface area contributed by atoms with Crippen molar-refractivity contribution in [3.05, 3.63) is 86.1 Å². The summed E-state index contributed by atoms with van der Waals surface area (Å²) >= 11 is 1.72. The van der Waals surface area contributed by atoms with E-state index >= 15 is 0 Å². The molecule has 0 aliphatic carbocycles. The Morgan fingerprint density at radius 3 is 2.86 bits per heavy atom. The number of thiophene rings is 1. The van der Waals surface area contributed by atoms with E-state index in [0.29, 0.717) is 19.7 Å². The number of esters is 1. The molecule has 0 fully saturated rings. The number of carbonyl (C=O) groups is 1. The first-order chi connectivity index (χ1) is 20.2. The van der Waals surface area contributed by atoms with Crippen molar-refractivity contribution in [2.75, 3.05) is 13.2 Å². The first kappa shape index (κ1) is 28.1. The number of hydrogen-bond donors (Lipinski definition) is 1. The molecule has 0 unspecified atom stereocenters. The van der Waals surface area contributed by atoms with E-state index in [1.807, 2.05) is 27.0 Å². The number of pyridine rings is 1. The largest absolute Gasteiger partial charge is 0.487 e. The van der Waals surface area contributed by atoms with Crippen molar-refractivity contribution < 1.29 is 14.3 Å². The Kier molecular flexibility index (Phi) is 7.59. The van der Waals surface area contributed by atoms with Crippen LogP contribution in [0.5, 0.6) is 5.75 Å². The number of aryl methyl sites for hydroxylation is 2. The molecule has 4 heterocycles. The van der Waals surface area contributed by atoms with E-state index in [2.05, 4.69) is 63.7 Å². The molecule has 3 aromatic heterocycles. The summed E-state index contributed by atoms with van der Waals surface area (Å²) in [5.41, 5.74) is 6.70. The number of aromatic amines is 1. The van der Waals surface area contributed by atoms with Crippen LogP contribution in [0.3, 0.4) is 0 Å². The van der Waals surface area contributed by atoms with Gasteiger partial charge in [0.15, 0.2) is 0 Å². The van der Waals surface area contributed by atoms with E-state index in [1.54, 1.807) is 22.1 Å². The Bertz CT molecular complexity index is 1840. The second kappa shape index (κ2) is 11.3.